The van der Waals surface area contributed by atoms with E-state index < -0.39 is 29.9 Å². The molecule has 0 saturated heterocycles. The minimum Gasteiger partial charge on any atom is -0.480 e. The highest BCUT2D eigenvalue weighted by molar-refractivity contribution is 5.85. The normalized spacial score (nSPS) is 27.1. The number of alkyl halides is 2. The van der Waals surface area contributed by atoms with E-state index in [1.165, 1.54) is 6.08 Å². The number of carbonyl (C=O) groups is 2. The summed E-state index contributed by atoms with van der Waals surface area (Å²) < 4.78 is 29.1. The number of ether oxygens (including phenoxy) is 1. The Bertz CT molecular complexity index is 326. The highest BCUT2D eigenvalue weighted by Gasteiger charge is 2.54. The minimum absolute atomic E-state index is 0.0696. The highest BCUT2D eigenvalue weighted by atomic mass is 19.3. The van der Waals surface area contributed by atoms with E-state index in [2.05, 4.69) is 16.6 Å². The molecule has 2 N–H and O–H groups in total. The summed E-state index contributed by atoms with van der Waals surface area (Å²) in [6.07, 6.45) is -2.78. The van der Waals surface area contributed by atoms with Gasteiger partial charge in [0.15, 0.2) is 0 Å². The Hall–Kier alpha value is -1.66. The summed E-state index contributed by atoms with van der Waals surface area (Å²) >= 11 is 0. The Morgan fingerprint density at radius 3 is 2.59 bits per heavy atom. The summed E-state index contributed by atoms with van der Waals surface area (Å²) in [6, 6.07) is 0. The third kappa shape index (κ3) is 2.92. The molecule has 0 spiro atoms. The molecule has 5 nitrogen and oxygen atoms in total. The molecule has 96 valence electrons. The Kier molecular flexibility index (Phi) is 4.03. The van der Waals surface area contributed by atoms with Crippen molar-refractivity contribution in [3.05, 3.63) is 12.7 Å². The van der Waals surface area contributed by atoms with Crippen molar-refractivity contribution in [1.29, 1.82) is 0 Å². The molecule has 0 aromatic heterocycles. The molecule has 1 fully saturated rings. The first-order valence-corrected chi connectivity index (χ1v) is 4.98. The van der Waals surface area contributed by atoms with Crippen molar-refractivity contribution in [2.45, 2.75) is 24.8 Å². The molecule has 0 atom stereocenters. The molecule has 1 aliphatic rings. The van der Waals surface area contributed by atoms with Crippen LogP contribution in [0.1, 0.15) is 12.8 Å². The first kappa shape index (κ1) is 13.4. The van der Waals surface area contributed by atoms with Gasteiger partial charge in [0, 0.05) is 5.92 Å². The van der Waals surface area contributed by atoms with E-state index in [0.717, 1.165) is 0 Å². The molecule has 1 rings (SSSR count). The lowest BCUT2D eigenvalue weighted by Crippen LogP contribution is -2.63. The maximum Gasteiger partial charge on any atom is 0.408 e. The number of aliphatic carboxylic acids is 1. The molecule has 0 heterocycles. The number of hydrogen-bond donors (Lipinski definition) is 2. The second kappa shape index (κ2) is 5.11. The number of halogens is 2. The molecule has 0 unspecified atom stereocenters. The monoisotopic (exact) mass is 249 g/mol. The van der Waals surface area contributed by atoms with E-state index in [1.807, 2.05) is 0 Å². The van der Waals surface area contributed by atoms with Gasteiger partial charge >= 0.3 is 12.1 Å². The van der Waals surface area contributed by atoms with E-state index in [-0.39, 0.29) is 19.4 Å². The van der Waals surface area contributed by atoms with Gasteiger partial charge in [0.05, 0.1) is 0 Å². The predicted octanol–water partition coefficient (Wildman–Crippen LogP) is 1.40. The lowest BCUT2D eigenvalue weighted by atomic mass is 9.68. The zero-order chi connectivity index (χ0) is 13.1. The molecule has 0 aromatic carbocycles. The topological polar surface area (TPSA) is 75.6 Å². The van der Waals surface area contributed by atoms with Gasteiger partial charge in [-0.2, -0.15) is 0 Å². The molecule has 1 aliphatic carbocycles. The average Bonchev–Trinajstić information content (AvgIpc) is 2.18. The molecule has 0 radical (unpaired) electrons. The van der Waals surface area contributed by atoms with Crippen molar-refractivity contribution in [2.75, 3.05) is 6.61 Å². The number of rotatable bonds is 5. The second-order valence-electron chi connectivity index (χ2n) is 3.90. The number of carboxylic acids is 1. The fourth-order valence-corrected chi connectivity index (χ4v) is 1.71. The number of hydrogen-bond acceptors (Lipinski definition) is 3. The smallest absolute Gasteiger partial charge is 0.408 e. The van der Waals surface area contributed by atoms with Crippen LogP contribution in [0.25, 0.3) is 0 Å². The van der Waals surface area contributed by atoms with E-state index in [9.17, 15) is 18.4 Å². The largest absolute Gasteiger partial charge is 0.480 e. The average molecular weight is 249 g/mol. The Balaban J connectivity index is 2.55. The molecular formula is C10H13F2NO4. The van der Waals surface area contributed by atoms with Crippen molar-refractivity contribution in [3.8, 4) is 0 Å². The number of carboxylic acid groups (broad SMARTS) is 1. The standard InChI is InChI=1S/C10H13F2NO4/c1-2-3-17-9(16)13-10(8(14)15)4-6(5-10)7(11)12/h2,6-7H,1,3-5H2,(H,13,16)(H,14,15). The first-order valence-electron chi connectivity index (χ1n) is 4.98. The lowest BCUT2D eigenvalue weighted by molar-refractivity contribution is -0.154. The highest BCUT2D eigenvalue weighted by Crippen LogP contribution is 2.41. The second-order valence-corrected chi connectivity index (χ2v) is 3.90. The van der Waals surface area contributed by atoms with Crippen LogP contribution >= 0.6 is 0 Å². The molecular weight excluding hydrogens is 236 g/mol. The van der Waals surface area contributed by atoms with Gasteiger partial charge in [-0.1, -0.05) is 12.7 Å². The molecule has 7 heteroatoms. The van der Waals surface area contributed by atoms with E-state index in [1.54, 1.807) is 0 Å². The van der Waals surface area contributed by atoms with Gasteiger partial charge in [0.2, 0.25) is 6.43 Å². The number of alkyl carbamates (subject to hydrolysis) is 1. The van der Waals surface area contributed by atoms with Crippen LogP contribution in [0.15, 0.2) is 12.7 Å². The van der Waals surface area contributed by atoms with Crippen molar-refractivity contribution < 1.29 is 28.2 Å². The van der Waals surface area contributed by atoms with E-state index in [0.29, 0.717) is 0 Å². The maximum atomic E-state index is 12.3. The van der Waals surface area contributed by atoms with Gasteiger partial charge in [0.25, 0.3) is 0 Å². The summed E-state index contributed by atoms with van der Waals surface area (Å²) in [4.78, 5) is 22.1. The summed E-state index contributed by atoms with van der Waals surface area (Å²) in [6.45, 7) is 3.24. The van der Waals surface area contributed by atoms with Crippen molar-refractivity contribution in [1.82, 2.24) is 5.32 Å². The summed E-state index contributed by atoms with van der Waals surface area (Å²) in [5.41, 5.74) is -1.63. The predicted molar refractivity (Wildman–Crippen MR) is 53.8 cm³/mol. The van der Waals surface area contributed by atoms with E-state index >= 15 is 0 Å². The van der Waals surface area contributed by atoms with Crippen LogP contribution in [-0.2, 0) is 9.53 Å². The first-order chi connectivity index (χ1) is 7.91. The quantitative estimate of drug-likeness (QED) is 0.722. The zero-order valence-electron chi connectivity index (χ0n) is 8.99. The zero-order valence-corrected chi connectivity index (χ0v) is 8.99. The van der Waals surface area contributed by atoms with Crippen LogP contribution in [0, 0.1) is 5.92 Å². The molecule has 1 saturated carbocycles. The van der Waals surface area contributed by atoms with Crippen LogP contribution in [-0.4, -0.2) is 35.7 Å². The summed E-state index contributed by atoms with van der Waals surface area (Å²) in [5, 5.41) is 11.0. The lowest BCUT2D eigenvalue weighted by Gasteiger charge is -2.43. The van der Waals surface area contributed by atoms with Crippen LogP contribution < -0.4 is 5.32 Å². The fourth-order valence-electron chi connectivity index (χ4n) is 1.71. The number of amides is 1. The molecule has 1 amide bonds. The van der Waals surface area contributed by atoms with Gasteiger partial charge in [-0.15, -0.1) is 0 Å². The maximum absolute atomic E-state index is 12.3. The molecule has 0 aliphatic heterocycles. The van der Waals surface area contributed by atoms with Gasteiger partial charge in [-0.05, 0) is 12.8 Å². The third-order valence-electron chi connectivity index (χ3n) is 2.66. The Morgan fingerprint density at radius 1 is 1.59 bits per heavy atom. The fraction of sp³-hybridized carbons (Fsp3) is 0.600. The third-order valence-corrected chi connectivity index (χ3v) is 2.66. The van der Waals surface area contributed by atoms with E-state index in [4.69, 9.17) is 5.11 Å². The van der Waals surface area contributed by atoms with Crippen LogP contribution in [0.2, 0.25) is 0 Å². The molecule has 0 aromatic rings. The number of nitrogens with one attached hydrogen (secondary N) is 1. The van der Waals surface area contributed by atoms with Crippen molar-refractivity contribution >= 4 is 12.1 Å². The molecule has 0 bridgehead atoms. The Labute approximate surface area is 96.4 Å². The number of carbonyl (C=O) groups excluding carboxylic acids is 1. The van der Waals surface area contributed by atoms with Crippen molar-refractivity contribution in [2.24, 2.45) is 5.92 Å². The van der Waals surface area contributed by atoms with Gasteiger partial charge < -0.3 is 15.2 Å². The molecule has 17 heavy (non-hydrogen) atoms. The summed E-state index contributed by atoms with van der Waals surface area (Å²) in [5.74, 6) is -2.32. The van der Waals surface area contributed by atoms with Gasteiger partial charge in [-0.25, -0.2) is 18.4 Å². The van der Waals surface area contributed by atoms with Gasteiger partial charge in [0.1, 0.15) is 12.1 Å². The Morgan fingerprint density at radius 2 is 2.18 bits per heavy atom. The summed E-state index contributed by atoms with van der Waals surface area (Å²) in [7, 11) is 0. The van der Waals surface area contributed by atoms with Crippen LogP contribution in [0.4, 0.5) is 13.6 Å². The van der Waals surface area contributed by atoms with Crippen molar-refractivity contribution in [3.63, 3.8) is 0 Å². The SMILES string of the molecule is C=CCOC(=O)NC1(C(=O)O)CC(C(F)F)C1. The van der Waals surface area contributed by atoms with Crippen LogP contribution in [0.3, 0.4) is 0 Å². The minimum atomic E-state index is -2.58. The van der Waals surface area contributed by atoms with Gasteiger partial charge in [-0.3, -0.25) is 0 Å². The van der Waals surface area contributed by atoms with Crippen LogP contribution in [0.5, 0.6) is 0 Å².